The molecule has 5 rings (SSSR count). The van der Waals surface area contributed by atoms with Gasteiger partial charge in [0.15, 0.2) is 5.78 Å². The molecule has 6 nitrogen and oxygen atoms in total. The molecule has 33 heavy (non-hydrogen) atoms. The zero-order valence-electron chi connectivity index (χ0n) is 19.1. The number of aromatic nitrogens is 1. The van der Waals surface area contributed by atoms with Gasteiger partial charge in [-0.25, -0.2) is 4.79 Å². The molecule has 1 aliphatic heterocycles. The SMILES string of the molecule is Cc1cc(C(=O)CN2C(=O)NC3(CCc4ccccc43)C2=O)c(C)n1C(C)c1ccccc1. The Kier molecular flexibility index (Phi) is 4.96. The van der Waals surface area contributed by atoms with E-state index in [9.17, 15) is 14.4 Å². The summed E-state index contributed by atoms with van der Waals surface area (Å²) in [7, 11) is 0. The number of aryl methyl sites for hydroxylation is 2. The molecular weight excluding hydrogens is 414 g/mol. The molecule has 2 heterocycles. The summed E-state index contributed by atoms with van der Waals surface area (Å²) < 4.78 is 2.13. The smallest absolute Gasteiger partial charge is 0.325 e. The summed E-state index contributed by atoms with van der Waals surface area (Å²) in [5.74, 6) is -0.571. The number of rotatable bonds is 5. The van der Waals surface area contributed by atoms with Crippen molar-refractivity contribution >= 4 is 17.7 Å². The lowest BCUT2D eigenvalue weighted by atomic mass is 9.92. The topological polar surface area (TPSA) is 71.4 Å². The largest absolute Gasteiger partial charge is 0.341 e. The summed E-state index contributed by atoms with van der Waals surface area (Å²) in [4.78, 5) is 40.6. The van der Waals surface area contributed by atoms with Crippen LogP contribution in [0.5, 0.6) is 0 Å². The minimum absolute atomic E-state index is 0.0581. The molecule has 1 spiro atoms. The summed E-state index contributed by atoms with van der Waals surface area (Å²) in [5.41, 5.74) is 4.35. The molecule has 2 aromatic carbocycles. The van der Waals surface area contributed by atoms with Gasteiger partial charge in [0, 0.05) is 17.0 Å². The standard InChI is InChI=1S/C27H27N3O3/c1-17-15-22(19(3)30(17)18(2)20-9-5-4-6-10-20)24(31)16-29-25(32)27(28-26(29)33)14-13-21-11-7-8-12-23(21)27/h4-12,15,18H,13-14,16H2,1-3H3,(H,28,33). The highest BCUT2D eigenvalue weighted by molar-refractivity contribution is 6.12. The van der Waals surface area contributed by atoms with Gasteiger partial charge in [-0.15, -0.1) is 0 Å². The third-order valence-electron chi connectivity index (χ3n) is 7.18. The summed E-state index contributed by atoms with van der Waals surface area (Å²) >= 11 is 0. The predicted molar refractivity (Wildman–Crippen MR) is 125 cm³/mol. The van der Waals surface area contributed by atoms with E-state index in [0.717, 1.165) is 39.4 Å². The Balaban J connectivity index is 1.41. The van der Waals surface area contributed by atoms with Gasteiger partial charge >= 0.3 is 6.03 Å². The first-order valence-corrected chi connectivity index (χ1v) is 11.3. The maximum atomic E-state index is 13.4. The molecule has 0 bridgehead atoms. The van der Waals surface area contributed by atoms with Gasteiger partial charge in [-0.1, -0.05) is 54.6 Å². The van der Waals surface area contributed by atoms with Crippen molar-refractivity contribution in [1.29, 1.82) is 0 Å². The molecule has 3 amide bonds. The molecule has 0 saturated carbocycles. The summed E-state index contributed by atoms with van der Waals surface area (Å²) in [6, 6.07) is 19.2. The molecule has 2 aliphatic rings. The Morgan fingerprint density at radius 3 is 2.52 bits per heavy atom. The fourth-order valence-electron chi connectivity index (χ4n) is 5.50. The maximum Gasteiger partial charge on any atom is 0.325 e. The third-order valence-corrected chi connectivity index (χ3v) is 7.18. The van der Waals surface area contributed by atoms with Gasteiger partial charge in [-0.3, -0.25) is 14.5 Å². The van der Waals surface area contributed by atoms with E-state index < -0.39 is 11.6 Å². The minimum Gasteiger partial charge on any atom is -0.341 e. The van der Waals surface area contributed by atoms with Crippen molar-refractivity contribution in [2.24, 2.45) is 0 Å². The number of hydrogen-bond donors (Lipinski definition) is 1. The average Bonchev–Trinajstić information content (AvgIpc) is 3.42. The normalized spacial score (nSPS) is 20.3. The van der Waals surface area contributed by atoms with Crippen LogP contribution >= 0.6 is 0 Å². The Labute approximate surface area is 193 Å². The molecule has 2 unspecified atom stereocenters. The molecule has 1 aromatic heterocycles. The Hall–Kier alpha value is -3.67. The van der Waals surface area contributed by atoms with Crippen molar-refractivity contribution in [2.75, 3.05) is 6.54 Å². The van der Waals surface area contributed by atoms with Gasteiger partial charge in [0.25, 0.3) is 5.91 Å². The summed E-state index contributed by atoms with van der Waals surface area (Å²) in [6.45, 7) is 5.72. The van der Waals surface area contributed by atoms with E-state index in [1.165, 1.54) is 0 Å². The first-order chi connectivity index (χ1) is 15.8. The first kappa shape index (κ1) is 21.2. The van der Waals surface area contributed by atoms with Crippen LogP contribution < -0.4 is 5.32 Å². The number of nitrogens with zero attached hydrogens (tertiary/aromatic N) is 2. The lowest BCUT2D eigenvalue weighted by Gasteiger charge is -2.22. The van der Waals surface area contributed by atoms with Crippen LogP contribution in [0.4, 0.5) is 4.79 Å². The number of hydrogen-bond acceptors (Lipinski definition) is 3. The molecule has 2 atom stereocenters. The Morgan fingerprint density at radius 2 is 1.76 bits per heavy atom. The van der Waals surface area contributed by atoms with Crippen molar-refractivity contribution in [3.63, 3.8) is 0 Å². The molecule has 0 radical (unpaired) electrons. The number of urea groups is 1. The number of carbonyl (C=O) groups is 3. The van der Waals surface area contributed by atoms with E-state index in [1.807, 2.05) is 62.4 Å². The van der Waals surface area contributed by atoms with Gasteiger partial charge in [0.1, 0.15) is 5.54 Å². The molecule has 1 N–H and O–H groups in total. The van der Waals surface area contributed by atoms with Crippen LogP contribution in [0.15, 0.2) is 60.7 Å². The zero-order valence-corrected chi connectivity index (χ0v) is 19.1. The van der Waals surface area contributed by atoms with Crippen LogP contribution in [0.25, 0.3) is 0 Å². The van der Waals surface area contributed by atoms with E-state index in [4.69, 9.17) is 0 Å². The second kappa shape index (κ2) is 7.73. The quantitative estimate of drug-likeness (QED) is 0.474. The monoisotopic (exact) mass is 441 g/mol. The minimum atomic E-state index is -1.05. The van der Waals surface area contributed by atoms with Crippen molar-refractivity contribution in [3.05, 3.63) is 94.3 Å². The number of fused-ring (bicyclic) bond motifs is 2. The molecule has 1 saturated heterocycles. The highest BCUT2D eigenvalue weighted by Crippen LogP contribution is 2.41. The lowest BCUT2D eigenvalue weighted by molar-refractivity contribution is -0.131. The van der Waals surface area contributed by atoms with Crippen LogP contribution in [-0.4, -0.2) is 33.7 Å². The van der Waals surface area contributed by atoms with Crippen molar-refractivity contribution in [2.45, 2.75) is 45.2 Å². The number of carbonyl (C=O) groups excluding carboxylic acids is 3. The summed E-state index contributed by atoms with van der Waals surface area (Å²) in [6.07, 6.45) is 1.24. The number of Topliss-reactive ketones (excluding diaryl/α,β-unsaturated/α-hetero) is 1. The van der Waals surface area contributed by atoms with Crippen LogP contribution in [0, 0.1) is 13.8 Å². The molecule has 1 fully saturated rings. The number of imide groups is 1. The highest BCUT2D eigenvalue weighted by Gasteiger charge is 2.55. The van der Waals surface area contributed by atoms with E-state index in [1.54, 1.807) is 0 Å². The van der Waals surface area contributed by atoms with Gasteiger partial charge in [-0.2, -0.15) is 0 Å². The number of benzene rings is 2. The van der Waals surface area contributed by atoms with Crippen LogP contribution in [-0.2, 0) is 16.8 Å². The Morgan fingerprint density at radius 1 is 1.06 bits per heavy atom. The average molecular weight is 442 g/mol. The third kappa shape index (κ3) is 3.20. The molecule has 168 valence electrons. The maximum absolute atomic E-state index is 13.4. The first-order valence-electron chi connectivity index (χ1n) is 11.3. The van der Waals surface area contributed by atoms with Gasteiger partial charge in [0.05, 0.1) is 12.6 Å². The van der Waals surface area contributed by atoms with Crippen molar-refractivity contribution in [1.82, 2.24) is 14.8 Å². The number of ketones is 1. The van der Waals surface area contributed by atoms with E-state index in [-0.39, 0.29) is 24.3 Å². The van der Waals surface area contributed by atoms with Crippen LogP contribution in [0.1, 0.15) is 57.8 Å². The van der Waals surface area contributed by atoms with Crippen LogP contribution in [0.3, 0.4) is 0 Å². The second-order valence-electron chi connectivity index (χ2n) is 9.05. The molecule has 1 aliphatic carbocycles. The molecular formula is C27H27N3O3. The van der Waals surface area contributed by atoms with E-state index in [2.05, 4.69) is 28.9 Å². The van der Waals surface area contributed by atoms with Crippen LogP contribution in [0.2, 0.25) is 0 Å². The van der Waals surface area contributed by atoms with E-state index >= 15 is 0 Å². The summed E-state index contributed by atoms with van der Waals surface area (Å²) in [5, 5.41) is 2.89. The van der Waals surface area contributed by atoms with Gasteiger partial charge in [0.2, 0.25) is 0 Å². The molecule has 3 aromatic rings. The molecule has 6 heteroatoms. The Bertz CT molecular complexity index is 1280. The second-order valence-corrected chi connectivity index (χ2v) is 9.05. The fourth-order valence-corrected chi connectivity index (χ4v) is 5.50. The van der Waals surface area contributed by atoms with Crippen molar-refractivity contribution < 1.29 is 14.4 Å². The number of amides is 3. The van der Waals surface area contributed by atoms with E-state index in [0.29, 0.717) is 12.0 Å². The zero-order chi connectivity index (χ0) is 23.3. The number of nitrogens with one attached hydrogen (secondary N) is 1. The predicted octanol–water partition coefficient (Wildman–Crippen LogP) is 4.29. The van der Waals surface area contributed by atoms with Gasteiger partial charge < -0.3 is 9.88 Å². The lowest BCUT2D eigenvalue weighted by Crippen LogP contribution is -2.42. The fraction of sp³-hybridized carbons (Fsp3) is 0.296. The van der Waals surface area contributed by atoms with Gasteiger partial charge in [-0.05, 0) is 56.4 Å². The van der Waals surface area contributed by atoms with Crippen molar-refractivity contribution in [3.8, 4) is 0 Å². The highest BCUT2D eigenvalue weighted by atomic mass is 16.2.